The number of para-hydroxylation sites is 1. The molecular weight excluding hydrogens is 404 g/mol. The van der Waals surface area contributed by atoms with E-state index in [2.05, 4.69) is 29.2 Å². The van der Waals surface area contributed by atoms with Gasteiger partial charge in [0.05, 0.1) is 16.6 Å². The lowest BCUT2D eigenvalue weighted by molar-refractivity contribution is 0.564. The average Bonchev–Trinajstić information content (AvgIpc) is 3.23. The summed E-state index contributed by atoms with van der Waals surface area (Å²) in [6.07, 6.45) is 5.83. The summed E-state index contributed by atoms with van der Waals surface area (Å²) >= 11 is 1.57. The Labute approximate surface area is 184 Å². The maximum atomic E-state index is 13.2. The van der Waals surface area contributed by atoms with Crippen molar-refractivity contribution >= 4 is 28.3 Å². The van der Waals surface area contributed by atoms with Crippen molar-refractivity contribution in [1.82, 2.24) is 18.9 Å². The number of aryl methyl sites for hydroxylation is 1. The van der Waals surface area contributed by atoms with E-state index in [1.165, 1.54) is 5.56 Å². The number of fused-ring (bicyclic) bond motifs is 2. The van der Waals surface area contributed by atoms with Gasteiger partial charge in [-0.2, -0.15) is 0 Å². The second-order valence-electron chi connectivity index (χ2n) is 7.44. The Morgan fingerprint density at radius 2 is 1.68 bits per heavy atom. The van der Waals surface area contributed by atoms with Crippen LogP contribution in [0.3, 0.4) is 0 Å². The first-order valence-electron chi connectivity index (χ1n) is 10.4. The standard InChI is InChI=1S/C25H22N4OS/c30-24-21-12-4-5-13-22(21)27-25(29(24)16-8-11-19-9-2-1-3-10-19)31-18-20-17-28-15-7-6-14-23(28)26-20/h1-7,9-10,12-15,17H,8,11,16,18H2. The van der Waals surface area contributed by atoms with Crippen molar-refractivity contribution in [2.45, 2.75) is 30.3 Å². The number of benzene rings is 2. The lowest BCUT2D eigenvalue weighted by Crippen LogP contribution is -2.23. The van der Waals surface area contributed by atoms with E-state index in [4.69, 9.17) is 4.98 Å². The molecule has 0 aliphatic carbocycles. The Morgan fingerprint density at radius 1 is 0.871 bits per heavy atom. The zero-order valence-electron chi connectivity index (χ0n) is 17.0. The van der Waals surface area contributed by atoms with Crippen molar-refractivity contribution < 1.29 is 0 Å². The number of imidazole rings is 1. The summed E-state index contributed by atoms with van der Waals surface area (Å²) in [4.78, 5) is 22.7. The SMILES string of the molecule is O=c1c2ccccc2nc(SCc2cn3ccccc3n2)n1CCCc1ccccc1. The fourth-order valence-electron chi connectivity index (χ4n) is 3.74. The largest absolute Gasteiger partial charge is 0.307 e. The summed E-state index contributed by atoms with van der Waals surface area (Å²) in [7, 11) is 0. The van der Waals surface area contributed by atoms with Crippen molar-refractivity contribution in [2.24, 2.45) is 0 Å². The molecule has 0 radical (unpaired) electrons. The lowest BCUT2D eigenvalue weighted by Gasteiger charge is -2.13. The molecule has 0 fully saturated rings. The van der Waals surface area contributed by atoms with Crippen molar-refractivity contribution in [3.05, 3.63) is 107 Å². The predicted octanol–water partition coefficient (Wildman–Crippen LogP) is 4.97. The van der Waals surface area contributed by atoms with Gasteiger partial charge in [-0.15, -0.1) is 0 Å². The van der Waals surface area contributed by atoms with Crippen molar-refractivity contribution in [2.75, 3.05) is 0 Å². The van der Waals surface area contributed by atoms with Gasteiger partial charge in [-0.25, -0.2) is 9.97 Å². The topological polar surface area (TPSA) is 52.2 Å². The fourth-order valence-corrected chi connectivity index (χ4v) is 4.65. The normalized spacial score (nSPS) is 11.4. The summed E-state index contributed by atoms with van der Waals surface area (Å²) in [5, 5.41) is 1.41. The Kier molecular flexibility index (Phi) is 5.54. The van der Waals surface area contributed by atoms with E-state index in [9.17, 15) is 4.79 Å². The zero-order chi connectivity index (χ0) is 21.0. The van der Waals surface area contributed by atoms with Crippen molar-refractivity contribution in [1.29, 1.82) is 0 Å². The Bertz CT molecular complexity index is 1360. The van der Waals surface area contributed by atoms with Gasteiger partial charge in [-0.05, 0) is 42.7 Å². The third-order valence-electron chi connectivity index (χ3n) is 5.28. The molecule has 5 aromatic rings. The van der Waals surface area contributed by atoms with E-state index in [0.29, 0.717) is 17.7 Å². The lowest BCUT2D eigenvalue weighted by atomic mass is 10.1. The van der Waals surface area contributed by atoms with Crippen LogP contribution in [0.2, 0.25) is 0 Å². The van der Waals surface area contributed by atoms with E-state index in [-0.39, 0.29) is 5.56 Å². The zero-order valence-corrected chi connectivity index (χ0v) is 17.8. The molecule has 0 saturated carbocycles. The quantitative estimate of drug-likeness (QED) is 0.272. The van der Waals surface area contributed by atoms with Crippen LogP contribution >= 0.6 is 11.8 Å². The Morgan fingerprint density at radius 3 is 2.55 bits per heavy atom. The molecule has 31 heavy (non-hydrogen) atoms. The summed E-state index contributed by atoms with van der Waals surface area (Å²) in [6, 6.07) is 23.9. The van der Waals surface area contributed by atoms with Crippen LogP contribution in [0.15, 0.2) is 95.1 Å². The molecule has 0 amide bonds. The second-order valence-corrected chi connectivity index (χ2v) is 8.39. The van der Waals surface area contributed by atoms with Gasteiger partial charge in [-0.3, -0.25) is 9.36 Å². The third-order valence-corrected chi connectivity index (χ3v) is 6.29. The molecule has 3 aromatic heterocycles. The number of hydrogen-bond acceptors (Lipinski definition) is 4. The van der Waals surface area contributed by atoms with Crippen LogP contribution in [-0.2, 0) is 18.7 Å². The van der Waals surface area contributed by atoms with Crippen LogP contribution in [-0.4, -0.2) is 18.9 Å². The van der Waals surface area contributed by atoms with Crippen LogP contribution in [0, 0.1) is 0 Å². The number of nitrogens with zero attached hydrogens (tertiary/aromatic N) is 4. The van der Waals surface area contributed by atoms with Crippen LogP contribution in [0.25, 0.3) is 16.6 Å². The first-order valence-corrected chi connectivity index (χ1v) is 11.4. The first kappa shape index (κ1) is 19.6. The Hall–Kier alpha value is -3.38. The van der Waals surface area contributed by atoms with Gasteiger partial charge in [0.15, 0.2) is 5.16 Å². The highest BCUT2D eigenvalue weighted by molar-refractivity contribution is 7.98. The average molecular weight is 427 g/mol. The molecule has 0 spiro atoms. The summed E-state index contributed by atoms with van der Waals surface area (Å²) in [5.74, 6) is 0.658. The minimum absolute atomic E-state index is 0.0242. The molecule has 0 saturated heterocycles. The molecule has 5 rings (SSSR count). The highest BCUT2D eigenvalue weighted by atomic mass is 32.2. The minimum Gasteiger partial charge on any atom is -0.307 e. The predicted molar refractivity (Wildman–Crippen MR) is 126 cm³/mol. The molecule has 0 aliphatic heterocycles. The van der Waals surface area contributed by atoms with E-state index >= 15 is 0 Å². The minimum atomic E-state index is 0.0242. The number of hydrogen-bond donors (Lipinski definition) is 0. The molecular formula is C25H22N4OS. The number of rotatable bonds is 7. The highest BCUT2D eigenvalue weighted by Crippen LogP contribution is 2.22. The third kappa shape index (κ3) is 4.25. The van der Waals surface area contributed by atoms with Gasteiger partial charge in [-0.1, -0.05) is 60.3 Å². The van der Waals surface area contributed by atoms with Crippen molar-refractivity contribution in [3.8, 4) is 0 Å². The monoisotopic (exact) mass is 426 g/mol. The van der Waals surface area contributed by atoms with E-state index in [1.807, 2.05) is 69.9 Å². The van der Waals surface area contributed by atoms with Gasteiger partial charge in [0.2, 0.25) is 0 Å². The van der Waals surface area contributed by atoms with Crippen LogP contribution < -0.4 is 5.56 Å². The number of pyridine rings is 1. The summed E-state index contributed by atoms with van der Waals surface area (Å²) in [6.45, 7) is 0.638. The number of aromatic nitrogens is 4. The van der Waals surface area contributed by atoms with Gasteiger partial charge >= 0.3 is 0 Å². The van der Waals surface area contributed by atoms with Gasteiger partial charge < -0.3 is 4.40 Å². The van der Waals surface area contributed by atoms with Gasteiger partial charge in [0.25, 0.3) is 5.56 Å². The molecule has 0 N–H and O–H groups in total. The van der Waals surface area contributed by atoms with E-state index < -0.39 is 0 Å². The molecule has 2 aromatic carbocycles. The van der Waals surface area contributed by atoms with Crippen LogP contribution in [0.4, 0.5) is 0 Å². The molecule has 6 heteroatoms. The maximum absolute atomic E-state index is 13.2. The maximum Gasteiger partial charge on any atom is 0.262 e. The number of thioether (sulfide) groups is 1. The molecule has 154 valence electrons. The summed E-state index contributed by atoms with van der Waals surface area (Å²) < 4.78 is 3.84. The highest BCUT2D eigenvalue weighted by Gasteiger charge is 2.12. The molecule has 0 bridgehead atoms. The van der Waals surface area contributed by atoms with E-state index in [1.54, 1.807) is 11.8 Å². The Balaban J connectivity index is 1.42. The smallest absolute Gasteiger partial charge is 0.262 e. The van der Waals surface area contributed by atoms with Crippen LogP contribution in [0.1, 0.15) is 17.7 Å². The fraction of sp³-hybridized carbons (Fsp3) is 0.160. The van der Waals surface area contributed by atoms with Crippen LogP contribution in [0.5, 0.6) is 0 Å². The summed E-state index contributed by atoms with van der Waals surface area (Å²) in [5.41, 5.74) is 3.93. The molecule has 5 nitrogen and oxygen atoms in total. The molecule has 0 atom stereocenters. The van der Waals surface area contributed by atoms with Gasteiger partial charge in [0, 0.05) is 24.7 Å². The molecule has 0 aliphatic rings. The van der Waals surface area contributed by atoms with Gasteiger partial charge in [0.1, 0.15) is 5.65 Å². The molecule has 3 heterocycles. The second kappa shape index (κ2) is 8.78. The van der Waals surface area contributed by atoms with E-state index in [0.717, 1.165) is 34.9 Å². The molecule has 0 unspecified atom stereocenters. The van der Waals surface area contributed by atoms with Crippen molar-refractivity contribution in [3.63, 3.8) is 0 Å². The first-order chi connectivity index (χ1) is 15.3.